The molecule has 0 spiro atoms. The Balaban J connectivity index is 5.39. The number of alkyl halides is 1. The van der Waals surface area contributed by atoms with E-state index in [1.807, 2.05) is 6.08 Å². The monoisotopic (exact) mass is 376 g/mol. The highest BCUT2D eigenvalue weighted by atomic mass is 79.9. The summed E-state index contributed by atoms with van der Waals surface area (Å²) in [6, 6.07) is 0. The molecule has 3 atom stereocenters. The van der Waals surface area contributed by atoms with E-state index in [-0.39, 0.29) is 23.2 Å². The number of rotatable bonds is 8. The van der Waals surface area contributed by atoms with Crippen molar-refractivity contribution >= 4 is 24.2 Å². The minimum absolute atomic E-state index is 0.00221. The lowest BCUT2D eigenvalue weighted by molar-refractivity contribution is 0.00601. The van der Waals surface area contributed by atoms with Gasteiger partial charge in [-0.05, 0) is 25.1 Å². The highest BCUT2D eigenvalue weighted by Gasteiger charge is 2.41. The van der Waals surface area contributed by atoms with Gasteiger partial charge in [0.2, 0.25) is 0 Å². The molecule has 0 bridgehead atoms. The highest BCUT2D eigenvalue weighted by molar-refractivity contribution is 9.09. The van der Waals surface area contributed by atoms with Crippen LogP contribution < -0.4 is 0 Å². The summed E-state index contributed by atoms with van der Waals surface area (Å²) >= 11 is 3.50. The zero-order chi connectivity index (χ0) is 16.8. The predicted molar refractivity (Wildman–Crippen MR) is 99.8 cm³/mol. The van der Waals surface area contributed by atoms with Crippen LogP contribution in [-0.2, 0) is 9.16 Å². The Hall–Kier alpha value is 0.0969. The Kier molecular flexibility index (Phi) is 8.70. The van der Waals surface area contributed by atoms with Crippen LogP contribution in [0.2, 0.25) is 18.1 Å². The summed E-state index contributed by atoms with van der Waals surface area (Å²) in [5.41, 5.74) is 1.31. The third-order valence-electron chi connectivity index (χ3n) is 4.34. The number of ether oxygens (including phenoxy) is 1. The quantitative estimate of drug-likeness (QED) is 0.313. The fourth-order valence-electron chi connectivity index (χ4n) is 1.94. The molecule has 0 amide bonds. The average Bonchev–Trinajstić information content (AvgIpc) is 2.37. The van der Waals surface area contributed by atoms with Gasteiger partial charge in [0.25, 0.3) is 0 Å². The van der Waals surface area contributed by atoms with E-state index in [0.29, 0.717) is 0 Å². The van der Waals surface area contributed by atoms with Crippen molar-refractivity contribution in [2.24, 2.45) is 5.92 Å². The van der Waals surface area contributed by atoms with E-state index in [4.69, 9.17) is 9.16 Å². The predicted octanol–water partition coefficient (Wildman–Crippen LogP) is 5.56. The average molecular weight is 377 g/mol. The van der Waals surface area contributed by atoms with E-state index < -0.39 is 8.32 Å². The van der Waals surface area contributed by atoms with Crippen LogP contribution in [0, 0.1) is 5.92 Å². The lowest BCUT2D eigenvalue weighted by Gasteiger charge is -2.42. The Morgan fingerprint density at radius 2 is 1.86 bits per heavy atom. The molecule has 0 heterocycles. The van der Waals surface area contributed by atoms with Crippen LogP contribution in [0.25, 0.3) is 0 Å². The first-order chi connectivity index (χ1) is 9.50. The zero-order valence-electron chi connectivity index (χ0n) is 15.0. The van der Waals surface area contributed by atoms with Gasteiger partial charge < -0.3 is 9.16 Å². The molecule has 124 valence electrons. The van der Waals surface area contributed by atoms with Gasteiger partial charge in [-0.15, -0.1) is 6.58 Å². The van der Waals surface area contributed by atoms with E-state index in [1.54, 1.807) is 7.11 Å². The molecule has 4 heteroatoms. The molecule has 21 heavy (non-hydrogen) atoms. The standard InChI is InChI=1S/C17H33BrO2Si/c1-10-15(19-7)16(14(3)11-13(2)12-18)20-21(8,9)17(4,5)6/h10-11,14-16H,1,12H2,2-9H3/b13-11-/t14-,15+,16?/m1/s1. The van der Waals surface area contributed by atoms with Crippen molar-refractivity contribution in [3.05, 3.63) is 24.3 Å². The van der Waals surface area contributed by atoms with E-state index in [2.05, 4.69) is 76.3 Å². The normalized spacial score (nSPS) is 18.2. The van der Waals surface area contributed by atoms with Crippen LogP contribution in [0.5, 0.6) is 0 Å². The fraction of sp³-hybridized carbons (Fsp3) is 0.765. The summed E-state index contributed by atoms with van der Waals surface area (Å²) < 4.78 is 12.2. The van der Waals surface area contributed by atoms with Crippen molar-refractivity contribution in [2.45, 2.75) is 65.0 Å². The van der Waals surface area contributed by atoms with Crippen molar-refractivity contribution in [3.63, 3.8) is 0 Å². The minimum Gasteiger partial charge on any atom is -0.410 e. The maximum Gasteiger partial charge on any atom is 0.192 e. The molecule has 0 aliphatic heterocycles. The molecule has 0 N–H and O–H groups in total. The molecule has 1 unspecified atom stereocenters. The van der Waals surface area contributed by atoms with Gasteiger partial charge in [0.05, 0.1) is 6.10 Å². The van der Waals surface area contributed by atoms with E-state index in [9.17, 15) is 0 Å². The summed E-state index contributed by atoms with van der Waals surface area (Å²) in [5.74, 6) is 0.277. The van der Waals surface area contributed by atoms with Gasteiger partial charge >= 0.3 is 0 Å². The molecule has 0 rings (SSSR count). The second-order valence-corrected chi connectivity index (χ2v) is 12.6. The molecule has 0 radical (unpaired) electrons. The van der Waals surface area contributed by atoms with Gasteiger partial charge in [-0.1, -0.05) is 61.4 Å². The van der Waals surface area contributed by atoms with E-state index in [0.717, 1.165) is 5.33 Å². The maximum absolute atomic E-state index is 6.64. The molecule has 0 saturated carbocycles. The summed E-state index contributed by atoms with van der Waals surface area (Å²) in [4.78, 5) is 0. The van der Waals surface area contributed by atoms with Crippen molar-refractivity contribution in [2.75, 3.05) is 12.4 Å². The highest BCUT2D eigenvalue weighted by Crippen LogP contribution is 2.39. The van der Waals surface area contributed by atoms with Crippen LogP contribution in [0.3, 0.4) is 0 Å². The molecule has 2 nitrogen and oxygen atoms in total. The van der Waals surface area contributed by atoms with Crippen molar-refractivity contribution in [1.29, 1.82) is 0 Å². The van der Waals surface area contributed by atoms with Crippen LogP contribution in [0.15, 0.2) is 24.3 Å². The number of methoxy groups -OCH3 is 1. The number of halogens is 1. The van der Waals surface area contributed by atoms with Gasteiger partial charge in [0.1, 0.15) is 6.10 Å². The third-order valence-corrected chi connectivity index (χ3v) is 9.70. The Morgan fingerprint density at radius 3 is 2.19 bits per heavy atom. The van der Waals surface area contributed by atoms with Gasteiger partial charge in [0.15, 0.2) is 8.32 Å². The van der Waals surface area contributed by atoms with Gasteiger partial charge in [0, 0.05) is 18.4 Å². The van der Waals surface area contributed by atoms with Crippen LogP contribution >= 0.6 is 15.9 Å². The first kappa shape index (κ1) is 21.1. The Labute approximate surface area is 141 Å². The van der Waals surface area contributed by atoms with E-state index in [1.165, 1.54) is 5.57 Å². The molecule has 0 saturated heterocycles. The topological polar surface area (TPSA) is 18.5 Å². The van der Waals surface area contributed by atoms with Crippen LogP contribution in [0.1, 0.15) is 34.6 Å². The third kappa shape index (κ3) is 6.39. The number of allylic oxidation sites excluding steroid dienone is 1. The number of hydrogen-bond acceptors (Lipinski definition) is 2. The lowest BCUT2D eigenvalue weighted by atomic mass is 9.97. The first-order valence-corrected chi connectivity index (χ1v) is 11.6. The molecule has 0 aromatic heterocycles. The molecule has 0 aromatic carbocycles. The second-order valence-electron chi connectivity index (χ2n) is 7.28. The van der Waals surface area contributed by atoms with Crippen LogP contribution in [0.4, 0.5) is 0 Å². The Bertz CT molecular complexity index is 358. The molecular formula is C17H33BrO2Si. The molecule has 0 aliphatic rings. The Morgan fingerprint density at radius 1 is 1.33 bits per heavy atom. The van der Waals surface area contributed by atoms with Crippen molar-refractivity contribution < 1.29 is 9.16 Å². The largest absolute Gasteiger partial charge is 0.410 e. The minimum atomic E-state index is -1.86. The SMILES string of the molecule is C=C[C@H](OC)C(O[Si](C)(C)C(C)(C)C)[C@H](C)/C=C(/C)CBr. The summed E-state index contributed by atoms with van der Waals surface area (Å²) in [6.07, 6.45) is 4.03. The molecule has 0 aliphatic carbocycles. The van der Waals surface area contributed by atoms with Crippen molar-refractivity contribution in [3.8, 4) is 0 Å². The zero-order valence-corrected chi connectivity index (χ0v) is 17.6. The fourth-order valence-corrected chi connectivity index (χ4v) is 3.51. The maximum atomic E-state index is 6.64. The van der Waals surface area contributed by atoms with Crippen molar-refractivity contribution in [1.82, 2.24) is 0 Å². The van der Waals surface area contributed by atoms with Gasteiger partial charge in [-0.3, -0.25) is 0 Å². The summed E-state index contributed by atoms with van der Waals surface area (Å²) in [7, 11) is -0.132. The van der Waals surface area contributed by atoms with E-state index >= 15 is 0 Å². The summed E-state index contributed by atoms with van der Waals surface area (Å²) in [6.45, 7) is 19.6. The second kappa shape index (κ2) is 8.66. The molecule has 0 aromatic rings. The number of hydrogen-bond donors (Lipinski definition) is 0. The summed E-state index contributed by atoms with van der Waals surface area (Å²) in [5, 5.41) is 1.06. The molecular weight excluding hydrogens is 344 g/mol. The lowest BCUT2D eigenvalue weighted by Crippen LogP contribution is -2.49. The molecule has 0 fully saturated rings. The van der Waals surface area contributed by atoms with Gasteiger partial charge in [-0.25, -0.2) is 0 Å². The van der Waals surface area contributed by atoms with Gasteiger partial charge in [-0.2, -0.15) is 0 Å². The smallest absolute Gasteiger partial charge is 0.192 e. The van der Waals surface area contributed by atoms with Crippen LogP contribution in [-0.4, -0.2) is 33.0 Å². The first-order valence-electron chi connectivity index (χ1n) is 7.56.